The second kappa shape index (κ2) is 13.8. The minimum atomic E-state index is -0.546. The number of nitrogens with one attached hydrogen (secondary N) is 3. The van der Waals surface area contributed by atoms with E-state index in [1.54, 1.807) is 6.33 Å². The number of rotatable bonds is 13. The molecule has 1 heterocycles. The fourth-order valence-corrected chi connectivity index (χ4v) is 5.03. The molecule has 9 heteroatoms. The Morgan fingerprint density at radius 3 is 2.85 bits per heavy atom. The highest BCUT2D eigenvalue weighted by molar-refractivity contribution is 5.94. The van der Waals surface area contributed by atoms with Gasteiger partial charge in [-0.3, -0.25) is 4.79 Å². The van der Waals surface area contributed by atoms with E-state index in [-0.39, 0.29) is 18.1 Å². The second-order valence-electron chi connectivity index (χ2n) is 10.4. The molecule has 4 rings (SSSR count). The molecule has 0 saturated heterocycles. The molecule has 0 radical (unpaired) electrons. The molecule has 7 nitrogen and oxygen atoms in total. The number of hydrogen-bond donors (Lipinski definition) is 3. The largest absolute Gasteiger partial charge is 0.377 e. The molecular formula is C30H39F2N5O2. The molecule has 3 aromatic rings. The quantitative estimate of drug-likeness (QED) is 0.269. The summed E-state index contributed by atoms with van der Waals surface area (Å²) >= 11 is 0. The van der Waals surface area contributed by atoms with Gasteiger partial charge >= 0.3 is 0 Å². The van der Waals surface area contributed by atoms with Crippen LogP contribution in [0.4, 0.5) is 14.6 Å². The van der Waals surface area contributed by atoms with Crippen LogP contribution in [0.2, 0.25) is 0 Å². The summed E-state index contributed by atoms with van der Waals surface area (Å²) in [5.74, 6) is -0.771. The zero-order chi connectivity index (χ0) is 27.8. The Balaban J connectivity index is 1.37. The molecule has 0 bridgehead atoms. The van der Waals surface area contributed by atoms with Crippen LogP contribution < -0.4 is 16.0 Å². The fraction of sp³-hybridized carbons (Fsp3) is 0.467. The van der Waals surface area contributed by atoms with E-state index >= 15 is 0 Å². The first kappa shape index (κ1) is 28.9. The molecule has 0 spiro atoms. The lowest BCUT2D eigenvalue weighted by atomic mass is 9.87. The van der Waals surface area contributed by atoms with Gasteiger partial charge in [-0.2, -0.15) is 0 Å². The van der Waals surface area contributed by atoms with Gasteiger partial charge in [0.25, 0.3) is 0 Å². The molecule has 1 amide bonds. The molecule has 1 aliphatic rings. The monoisotopic (exact) mass is 539 g/mol. The maximum absolute atomic E-state index is 14.4. The van der Waals surface area contributed by atoms with Crippen LogP contribution in [0.1, 0.15) is 56.7 Å². The smallest absolute Gasteiger partial charge is 0.242 e. The van der Waals surface area contributed by atoms with Gasteiger partial charge in [0, 0.05) is 25.2 Å². The summed E-state index contributed by atoms with van der Waals surface area (Å²) in [6.45, 7) is 8.14. The van der Waals surface area contributed by atoms with E-state index < -0.39 is 17.7 Å². The lowest BCUT2D eigenvalue weighted by Crippen LogP contribution is -2.48. The molecule has 0 saturated carbocycles. The van der Waals surface area contributed by atoms with Crippen LogP contribution in [-0.2, 0) is 28.9 Å². The Labute approximate surface area is 229 Å². The summed E-state index contributed by atoms with van der Waals surface area (Å²) in [6, 6.07) is 9.88. The number of benzene rings is 2. The van der Waals surface area contributed by atoms with Gasteiger partial charge in [-0.25, -0.2) is 13.8 Å². The molecule has 210 valence electrons. The molecule has 1 aliphatic carbocycles. The van der Waals surface area contributed by atoms with Crippen LogP contribution in [0.5, 0.6) is 0 Å². The highest BCUT2D eigenvalue weighted by atomic mass is 19.1. The Kier molecular flexibility index (Phi) is 10.2. The number of amides is 1. The van der Waals surface area contributed by atoms with Gasteiger partial charge in [-0.1, -0.05) is 31.5 Å². The van der Waals surface area contributed by atoms with Crippen molar-refractivity contribution in [2.45, 2.75) is 77.6 Å². The summed E-state index contributed by atoms with van der Waals surface area (Å²) in [5, 5.41) is 9.77. The normalized spacial score (nSPS) is 15.8. The molecule has 3 N–H and O–H groups in total. The van der Waals surface area contributed by atoms with Gasteiger partial charge in [0.2, 0.25) is 5.91 Å². The molecule has 2 aromatic carbocycles. The first-order valence-electron chi connectivity index (χ1n) is 13.8. The second-order valence-corrected chi connectivity index (χ2v) is 10.4. The predicted octanol–water partition coefficient (Wildman–Crippen LogP) is 4.92. The number of nitrogens with zero attached hydrogens (tertiary/aromatic N) is 2. The van der Waals surface area contributed by atoms with Crippen molar-refractivity contribution in [3.63, 3.8) is 0 Å². The van der Waals surface area contributed by atoms with Gasteiger partial charge < -0.3 is 25.3 Å². The average molecular weight is 540 g/mol. The van der Waals surface area contributed by atoms with Crippen molar-refractivity contribution < 1.29 is 18.3 Å². The van der Waals surface area contributed by atoms with E-state index in [9.17, 15) is 13.6 Å². The van der Waals surface area contributed by atoms with Crippen molar-refractivity contribution in [1.29, 1.82) is 0 Å². The van der Waals surface area contributed by atoms with Crippen molar-refractivity contribution in [2.75, 3.05) is 18.5 Å². The molecule has 39 heavy (non-hydrogen) atoms. The Morgan fingerprint density at radius 1 is 1.23 bits per heavy atom. The lowest BCUT2D eigenvalue weighted by Gasteiger charge is -2.29. The summed E-state index contributed by atoms with van der Waals surface area (Å²) in [6.07, 6.45) is 6.87. The number of anilines is 1. The van der Waals surface area contributed by atoms with Crippen LogP contribution in [0.15, 0.2) is 48.9 Å². The van der Waals surface area contributed by atoms with Gasteiger partial charge in [-0.15, -0.1) is 0 Å². The van der Waals surface area contributed by atoms with Crippen LogP contribution >= 0.6 is 0 Å². The first-order valence-corrected chi connectivity index (χ1v) is 13.8. The molecule has 2 atom stereocenters. The topological polar surface area (TPSA) is 80.2 Å². The van der Waals surface area contributed by atoms with Crippen molar-refractivity contribution in [1.82, 2.24) is 20.2 Å². The third-order valence-electron chi connectivity index (χ3n) is 6.95. The predicted molar refractivity (Wildman–Crippen MR) is 149 cm³/mol. The van der Waals surface area contributed by atoms with Crippen LogP contribution in [0.25, 0.3) is 5.69 Å². The zero-order valence-corrected chi connectivity index (χ0v) is 23.0. The fourth-order valence-electron chi connectivity index (χ4n) is 5.03. The van der Waals surface area contributed by atoms with Gasteiger partial charge in [-0.05, 0) is 68.4 Å². The van der Waals surface area contributed by atoms with Crippen LogP contribution in [0, 0.1) is 11.6 Å². The third-order valence-corrected chi connectivity index (χ3v) is 6.95. The Morgan fingerprint density at radius 2 is 2.05 bits per heavy atom. The van der Waals surface area contributed by atoms with Gasteiger partial charge in [0.1, 0.15) is 18.0 Å². The first-order chi connectivity index (χ1) is 18.8. The number of imidazole rings is 1. The number of carbonyl (C=O) groups excluding carboxylic acids is 1. The SMILES string of the molecule is CCCC(N[C@H]1CCc2cc(F)cc(F)c2C1)C(=O)Nc1cn(-c2ccccc2CNCCOC(C)C)cn1. The lowest BCUT2D eigenvalue weighted by molar-refractivity contribution is -0.118. The number of aromatic nitrogens is 2. The number of carbonyl (C=O) groups is 1. The van der Waals surface area contributed by atoms with Crippen LogP contribution in [-0.4, -0.2) is 46.8 Å². The molecule has 1 aromatic heterocycles. The highest BCUT2D eigenvalue weighted by Gasteiger charge is 2.27. The maximum Gasteiger partial charge on any atom is 0.242 e. The molecule has 1 unspecified atom stereocenters. The van der Waals surface area contributed by atoms with Crippen molar-refractivity contribution in [3.8, 4) is 5.69 Å². The van der Waals surface area contributed by atoms with Gasteiger partial charge in [0.05, 0.1) is 30.6 Å². The van der Waals surface area contributed by atoms with E-state index in [4.69, 9.17) is 4.74 Å². The molecule has 0 fully saturated rings. The molecule has 0 aliphatic heterocycles. The van der Waals surface area contributed by atoms with E-state index in [1.807, 2.05) is 49.7 Å². The standard InChI is InChI=1S/C30H39F2N5O2/c1-4-7-27(35-24-11-10-21-14-23(31)15-26(32)25(21)16-24)30(38)36-29-18-37(19-34-29)28-9-6-5-8-22(28)17-33-12-13-39-20(2)3/h5-6,8-9,14-15,18-20,24,27,33,35H,4,7,10-13,16-17H2,1-3H3,(H,36,38)/t24-,27?/m0/s1. The van der Waals surface area contributed by atoms with Crippen molar-refractivity contribution in [2.24, 2.45) is 0 Å². The Hall–Kier alpha value is -3.14. The minimum absolute atomic E-state index is 0.0670. The van der Waals surface area contributed by atoms with E-state index in [0.717, 1.165) is 30.3 Å². The van der Waals surface area contributed by atoms with Crippen molar-refractivity contribution in [3.05, 3.63) is 77.2 Å². The van der Waals surface area contributed by atoms with Crippen LogP contribution in [0.3, 0.4) is 0 Å². The summed E-state index contributed by atoms with van der Waals surface area (Å²) < 4.78 is 35.5. The van der Waals surface area contributed by atoms with E-state index in [2.05, 4.69) is 27.0 Å². The van der Waals surface area contributed by atoms with Gasteiger partial charge in [0.15, 0.2) is 5.82 Å². The minimum Gasteiger partial charge on any atom is -0.377 e. The highest BCUT2D eigenvalue weighted by Crippen LogP contribution is 2.26. The van der Waals surface area contributed by atoms with Crippen molar-refractivity contribution >= 4 is 11.7 Å². The molecular weight excluding hydrogens is 500 g/mol. The third kappa shape index (κ3) is 7.94. The van der Waals surface area contributed by atoms with E-state index in [0.29, 0.717) is 55.8 Å². The average Bonchev–Trinajstić information content (AvgIpc) is 3.36. The maximum atomic E-state index is 14.4. The number of hydrogen-bond acceptors (Lipinski definition) is 5. The number of para-hydroxylation sites is 1. The zero-order valence-electron chi connectivity index (χ0n) is 23.0. The summed E-state index contributed by atoms with van der Waals surface area (Å²) in [4.78, 5) is 17.6. The van der Waals surface area contributed by atoms with E-state index in [1.165, 1.54) is 6.07 Å². The number of halogens is 2. The number of ether oxygens (including phenoxy) is 1. The number of fused-ring (bicyclic) bond motifs is 1. The summed E-state index contributed by atoms with van der Waals surface area (Å²) in [7, 11) is 0. The summed E-state index contributed by atoms with van der Waals surface area (Å²) in [5.41, 5.74) is 3.33. The Bertz CT molecular complexity index is 1250. The number of aryl methyl sites for hydroxylation is 1.